The van der Waals surface area contributed by atoms with E-state index in [2.05, 4.69) is 44.6 Å². The Bertz CT molecular complexity index is 463. The van der Waals surface area contributed by atoms with Crippen LogP contribution in [0.1, 0.15) is 23.7 Å². The van der Waals surface area contributed by atoms with Crippen molar-refractivity contribution in [1.82, 2.24) is 14.9 Å². The summed E-state index contributed by atoms with van der Waals surface area (Å²) in [6.07, 6.45) is 3.78. The van der Waals surface area contributed by atoms with Crippen molar-refractivity contribution in [1.29, 1.82) is 0 Å². The summed E-state index contributed by atoms with van der Waals surface area (Å²) in [4.78, 5) is 5.61. The van der Waals surface area contributed by atoms with Gasteiger partial charge in [-0.05, 0) is 34.3 Å². The van der Waals surface area contributed by atoms with Crippen LogP contribution in [0.4, 0.5) is 0 Å². The maximum atomic E-state index is 4.28. The predicted octanol–water partition coefficient (Wildman–Crippen LogP) is 3.09. The number of nitrogens with one attached hydrogen (secondary N) is 1. The van der Waals surface area contributed by atoms with E-state index < -0.39 is 0 Å². The maximum Gasteiger partial charge on any atom is 0.122 e. The Morgan fingerprint density at radius 3 is 3.00 bits per heavy atom. The Morgan fingerprint density at radius 1 is 1.62 bits per heavy atom. The molecule has 1 atom stereocenters. The SMILES string of the molecule is CC(NCc1nccn1C)c1sccc1Br. The first-order valence-electron chi connectivity index (χ1n) is 5.11. The van der Waals surface area contributed by atoms with Crippen LogP contribution >= 0.6 is 27.3 Å². The van der Waals surface area contributed by atoms with Crippen molar-refractivity contribution in [2.24, 2.45) is 7.05 Å². The van der Waals surface area contributed by atoms with E-state index in [0.717, 1.165) is 12.4 Å². The molecule has 2 aromatic rings. The predicted molar refractivity (Wildman–Crippen MR) is 70.5 cm³/mol. The summed E-state index contributed by atoms with van der Waals surface area (Å²) in [6, 6.07) is 2.42. The fourth-order valence-electron chi connectivity index (χ4n) is 1.52. The van der Waals surface area contributed by atoms with Crippen LogP contribution < -0.4 is 5.32 Å². The van der Waals surface area contributed by atoms with Crippen molar-refractivity contribution in [3.63, 3.8) is 0 Å². The first-order valence-corrected chi connectivity index (χ1v) is 6.78. The molecule has 86 valence electrons. The van der Waals surface area contributed by atoms with Gasteiger partial charge in [0.05, 0.1) is 6.54 Å². The van der Waals surface area contributed by atoms with Crippen LogP contribution in [0.2, 0.25) is 0 Å². The molecule has 1 N–H and O–H groups in total. The fourth-order valence-corrected chi connectivity index (χ4v) is 3.27. The summed E-state index contributed by atoms with van der Waals surface area (Å²) in [5, 5.41) is 5.56. The summed E-state index contributed by atoms with van der Waals surface area (Å²) in [7, 11) is 2.01. The zero-order valence-electron chi connectivity index (χ0n) is 9.27. The van der Waals surface area contributed by atoms with Gasteiger partial charge in [-0.15, -0.1) is 11.3 Å². The third kappa shape index (κ3) is 2.53. The van der Waals surface area contributed by atoms with E-state index in [1.165, 1.54) is 9.35 Å². The van der Waals surface area contributed by atoms with Gasteiger partial charge in [0.1, 0.15) is 5.82 Å². The third-order valence-corrected chi connectivity index (χ3v) is 4.58. The van der Waals surface area contributed by atoms with Crippen molar-refractivity contribution >= 4 is 27.3 Å². The van der Waals surface area contributed by atoms with Crippen molar-refractivity contribution in [3.8, 4) is 0 Å². The Labute approximate surface area is 108 Å². The zero-order valence-corrected chi connectivity index (χ0v) is 11.7. The zero-order chi connectivity index (χ0) is 11.5. The molecule has 0 aliphatic heterocycles. The number of aromatic nitrogens is 2. The average Bonchev–Trinajstić information content (AvgIpc) is 2.84. The second-order valence-corrected chi connectivity index (χ2v) is 5.49. The largest absolute Gasteiger partial charge is 0.337 e. The molecule has 2 heterocycles. The number of hydrogen-bond acceptors (Lipinski definition) is 3. The van der Waals surface area contributed by atoms with Gasteiger partial charge in [0.15, 0.2) is 0 Å². The molecule has 16 heavy (non-hydrogen) atoms. The fraction of sp³-hybridized carbons (Fsp3) is 0.364. The highest BCUT2D eigenvalue weighted by atomic mass is 79.9. The highest BCUT2D eigenvalue weighted by molar-refractivity contribution is 9.10. The molecule has 2 aromatic heterocycles. The Morgan fingerprint density at radius 2 is 2.44 bits per heavy atom. The normalized spacial score (nSPS) is 12.9. The van der Waals surface area contributed by atoms with Crippen molar-refractivity contribution in [3.05, 3.63) is 39.0 Å². The van der Waals surface area contributed by atoms with Crippen molar-refractivity contribution < 1.29 is 0 Å². The second kappa shape index (κ2) is 5.12. The molecule has 0 aliphatic rings. The minimum atomic E-state index is 0.339. The molecule has 1 unspecified atom stereocenters. The number of imidazole rings is 1. The van der Waals surface area contributed by atoms with E-state index in [-0.39, 0.29) is 0 Å². The molecule has 5 heteroatoms. The van der Waals surface area contributed by atoms with Crippen LogP contribution in [0.5, 0.6) is 0 Å². The standard InChI is InChI=1S/C11H14BrN3S/c1-8(11-9(12)3-6-16-11)14-7-10-13-4-5-15(10)2/h3-6,8,14H,7H2,1-2H3. The monoisotopic (exact) mass is 299 g/mol. The minimum absolute atomic E-state index is 0.339. The molecule has 0 fully saturated rings. The van der Waals surface area contributed by atoms with E-state index in [0.29, 0.717) is 6.04 Å². The van der Waals surface area contributed by atoms with Gasteiger partial charge in [-0.2, -0.15) is 0 Å². The van der Waals surface area contributed by atoms with Gasteiger partial charge < -0.3 is 9.88 Å². The molecule has 0 bridgehead atoms. The summed E-state index contributed by atoms with van der Waals surface area (Å²) >= 11 is 5.31. The van der Waals surface area contributed by atoms with Crippen molar-refractivity contribution in [2.75, 3.05) is 0 Å². The van der Waals surface area contributed by atoms with Gasteiger partial charge >= 0.3 is 0 Å². The number of nitrogens with zero attached hydrogens (tertiary/aromatic N) is 2. The minimum Gasteiger partial charge on any atom is -0.337 e. The molecule has 0 aliphatic carbocycles. The van der Waals surface area contributed by atoms with Crippen LogP contribution in [-0.2, 0) is 13.6 Å². The average molecular weight is 300 g/mol. The van der Waals surface area contributed by atoms with E-state index in [4.69, 9.17) is 0 Å². The summed E-state index contributed by atoms with van der Waals surface area (Å²) < 4.78 is 3.21. The van der Waals surface area contributed by atoms with Crippen LogP contribution in [-0.4, -0.2) is 9.55 Å². The smallest absolute Gasteiger partial charge is 0.122 e. The molecule has 0 radical (unpaired) electrons. The van der Waals surface area contributed by atoms with Gasteiger partial charge in [-0.3, -0.25) is 0 Å². The highest BCUT2D eigenvalue weighted by Crippen LogP contribution is 2.28. The van der Waals surface area contributed by atoms with Gasteiger partial charge in [0.25, 0.3) is 0 Å². The van der Waals surface area contributed by atoms with E-state index in [1.807, 2.05) is 24.0 Å². The van der Waals surface area contributed by atoms with Gasteiger partial charge in [-0.1, -0.05) is 0 Å². The molecule has 0 amide bonds. The Kier molecular flexibility index (Phi) is 3.78. The number of thiophene rings is 1. The quantitative estimate of drug-likeness (QED) is 0.940. The van der Waals surface area contributed by atoms with E-state index in [1.54, 1.807) is 11.3 Å². The summed E-state index contributed by atoms with van der Waals surface area (Å²) in [5.74, 6) is 1.06. The number of hydrogen-bond donors (Lipinski definition) is 1. The topological polar surface area (TPSA) is 29.9 Å². The van der Waals surface area contributed by atoms with E-state index >= 15 is 0 Å². The maximum absolute atomic E-state index is 4.28. The molecule has 0 spiro atoms. The van der Waals surface area contributed by atoms with Gasteiger partial charge in [-0.25, -0.2) is 4.98 Å². The van der Waals surface area contributed by atoms with Crippen molar-refractivity contribution in [2.45, 2.75) is 19.5 Å². The molecule has 0 saturated carbocycles. The molecule has 3 nitrogen and oxygen atoms in total. The summed E-state index contributed by atoms with van der Waals surface area (Å²) in [5.41, 5.74) is 0. The number of aryl methyl sites for hydroxylation is 1. The molecule has 2 rings (SSSR count). The number of rotatable bonds is 4. The summed E-state index contributed by atoms with van der Waals surface area (Å²) in [6.45, 7) is 2.95. The van der Waals surface area contributed by atoms with Gasteiger partial charge in [0.2, 0.25) is 0 Å². The first kappa shape index (κ1) is 11.8. The van der Waals surface area contributed by atoms with Crippen LogP contribution in [0.3, 0.4) is 0 Å². The van der Waals surface area contributed by atoms with Crippen LogP contribution in [0.25, 0.3) is 0 Å². The Hall–Kier alpha value is -0.650. The first-order chi connectivity index (χ1) is 7.68. The number of halogens is 1. The lowest BCUT2D eigenvalue weighted by Crippen LogP contribution is -2.19. The molecular formula is C11H14BrN3S. The second-order valence-electron chi connectivity index (χ2n) is 3.69. The lowest BCUT2D eigenvalue weighted by molar-refractivity contribution is 0.554. The highest BCUT2D eigenvalue weighted by Gasteiger charge is 2.10. The van der Waals surface area contributed by atoms with Gasteiger partial charge in [0, 0.05) is 34.8 Å². The Balaban J connectivity index is 1.97. The third-order valence-electron chi connectivity index (χ3n) is 2.53. The van der Waals surface area contributed by atoms with Crippen LogP contribution in [0.15, 0.2) is 28.3 Å². The molecule has 0 aromatic carbocycles. The van der Waals surface area contributed by atoms with E-state index in [9.17, 15) is 0 Å². The lowest BCUT2D eigenvalue weighted by Gasteiger charge is -2.12. The molecule has 0 saturated heterocycles. The van der Waals surface area contributed by atoms with Crippen LogP contribution in [0, 0.1) is 0 Å². The molecular weight excluding hydrogens is 286 g/mol. The lowest BCUT2D eigenvalue weighted by atomic mass is 10.3.